The van der Waals surface area contributed by atoms with E-state index < -0.39 is 5.60 Å². The number of ether oxygens (including phenoxy) is 1. The van der Waals surface area contributed by atoms with Crippen LogP contribution >= 0.6 is 0 Å². The van der Waals surface area contributed by atoms with E-state index in [4.69, 9.17) is 4.74 Å². The molecule has 116 valence electrons. The fourth-order valence-electron chi connectivity index (χ4n) is 3.21. The summed E-state index contributed by atoms with van der Waals surface area (Å²) in [6, 6.07) is -0.0185. The minimum absolute atomic E-state index is 0.0185. The molecule has 1 aromatic heterocycles. The van der Waals surface area contributed by atoms with Crippen molar-refractivity contribution in [2.75, 3.05) is 26.2 Å². The summed E-state index contributed by atoms with van der Waals surface area (Å²) in [5.74, 6) is 0.216. The average Bonchev–Trinajstić information content (AvgIpc) is 2.95. The summed E-state index contributed by atoms with van der Waals surface area (Å²) in [5.41, 5.74) is 0.565. The molecule has 0 aromatic carbocycles. The van der Waals surface area contributed by atoms with Gasteiger partial charge in [-0.05, 0) is 26.3 Å². The monoisotopic (exact) mass is 292 g/mol. The summed E-state index contributed by atoms with van der Waals surface area (Å²) >= 11 is 0. The number of carbonyl (C=O) groups is 1. The van der Waals surface area contributed by atoms with Gasteiger partial charge in [0.1, 0.15) is 5.60 Å². The van der Waals surface area contributed by atoms with Crippen LogP contribution in [0.2, 0.25) is 0 Å². The third-order valence-corrected chi connectivity index (χ3v) is 4.51. The Bertz CT molecular complexity index is 510. The number of hydrogen-bond acceptors (Lipinski definition) is 4. The molecule has 3 heterocycles. The molecular weight excluding hydrogens is 268 g/mol. The van der Waals surface area contributed by atoms with Gasteiger partial charge >= 0.3 is 0 Å². The number of nitrogens with one attached hydrogen (secondary N) is 1. The van der Waals surface area contributed by atoms with Gasteiger partial charge in [-0.15, -0.1) is 0 Å². The van der Waals surface area contributed by atoms with Crippen molar-refractivity contribution in [3.05, 3.63) is 18.0 Å². The molecule has 0 bridgehead atoms. The maximum Gasteiger partial charge on any atom is 0.239 e. The van der Waals surface area contributed by atoms with Gasteiger partial charge in [0.25, 0.3) is 0 Å². The average molecular weight is 292 g/mol. The van der Waals surface area contributed by atoms with Gasteiger partial charge in [0.2, 0.25) is 5.91 Å². The van der Waals surface area contributed by atoms with Crippen LogP contribution in [0.15, 0.2) is 12.4 Å². The molecule has 0 saturated carbocycles. The Labute approximate surface area is 125 Å². The van der Waals surface area contributed by atoms with Crippen LogP contribution in [-0.4, -0.2) is 52.9 Å². The summed E-state index contributed by atoms with van der Waals surface area (Å²) in [4.78, 5) is 14.6. The maximum atomic E-state index is 12.7. The lowest BCUT2D eigenvalue weighted by atomic mass is 9.95. The van der Waals surface area contributed by atoms with Crippen molar-refractivity contribution in [2.24, 2.45) is 7.05 Å². The van der Waals surface area contributed by atoms with Crippen LogP contribution in [0.3, 0.4) is 0 Å². The fraction of sp³-hybridized carbons (Fsp3) is 0.733. The standard InChI is InChI=1S/C15H24N4O2/c1-15(12-9-17-18(2)10-12)11-19(7-8-21-15)14(20)13-5-3-4-6-16-13/h9-10,13,16H,3-8,11H2,1-2H3/t13-,15?/m1/s1. The van der Waals surface area contributed by atoms with Crippen LogP contribution in [-0.2, 0) is 22.2 Å². The molecule has 0 radical (unpaired) electrons. The minimum atomic E-state index is -0.461. The Morgan fingerprint density at radius 1 is 1.52 bits per heavy atom. The number of aryl methyl sites for hydroxylation is 1. The molecule has 2 aliphatic rings. The predicted molar refractivity (Wildman–Crippen MR) is 78.7 cm³/mol. The highest BCUT2D eigenvalue weighted by atomic mass is 16.5. The zero-order valence-corrected chi connectivity index (χ0v) is 12.8. The van der Waals surface area contributed by atoms with Gasteiger partial charge in [-0.1, -0.05) is 6.42 Å². The van der Waals surface area contributed by atoms with Crippen LogP contribution in [0.25, 0.3) is 0 Å². The van der Waals surface area contributed by atoms with Gasteiger partial charge in [-0.2, -0.15) is 5.10 Å². The minimum Gasteiger partial charge on any atom is -0.367 e. The second kappa shape index (κ2) is 5.77. The van der Waals surface area contributed by atoms with E-state index in [-0.39, 0.29) is 11.9 Å². The van der Waals surface area contributed by atoms with E-state index in [1.54, 1.807) is 4.68 Å². The van der Waals surface area contributed by atoms with Crippen LogP contribution in [0.5, 0.6) is 0 Å². The molecule has 1 amide bonds. The molecule has 1 unspecified atom stereocenters. The molecule has 2 saturated heterocycles. The topological polar surface area (TPSA) is 59.4 Å². The molecule has 2 atom stereocenters. The quantitative estimate of drug-likeness (QED) is 0.869. The lowest BCUT2D eigenvalue weighted by molar-refractivity contribution is -0.152. The van der Waals surface area contributed by atoms with E-state index in [0.717, 1.165) is 24.9 Å². The molecule has 21 heavy (non-hydrogen) atoms. The number of rotatable bonds is 2. The third kappa shape index (κ3) is 2.96. The van der Waals surface area contributed by atoms with Gasteiger partial charge in [0.05, 0.1) is 25.4 Å². The Morgan fingerprint density at radius 2 is 2.38 bits per heavy atom. The number of aromatic nitrogens is 2. The SMILES string of the molecule is Cn1cc(C2(C)CN(C(=O)[C@H]3CCCCN3)CCO2)cn1. The van der Waals surface area contributed by atoms with Crippen LogP contribution in [0.1, 0.15) is 31.7 Å². The maximum absolute atomic E-state index is 12.7. The number of hydrogen-bond donors (Lipinski definition) is 1. The van der Waals surface area contributed by atoms with Gasteiger partial charge in [-0.25, -0.2) is 0 Å². The van der Waals surface area contributed by atoms with Crippen molar-refractivity contribution in [1.29, 1.82) is 0 Å². The zero-order valence-electron chi connectivity index (χ0n) is 12.8. The Balaban J connectivity index is 1.71. The van der Waals surface area contributed by atoms with Gasteiger partial charge in [0, 0.05) is 25.4 Å². The summed E-state index contributed by atoms with van der Waals surface area (Å²) in [6.07, 6.45) is 7.04. The van der Waals surface area contributed by atoms with Crippen molar-refractivity contribution in [3.8, 4) is 0 Å². The lowest BCUT2D eigenvalue weighted by Gasteiger charge is -2.41. The molecule has 6 nitrogen and oxygen atoms in total. The van der Waals surface area contributed by atoms with Crippen LogP contribution < -0.4 is 5.32 Å². The highest BCUT2D eigenvalue weighted by Crippen LogP contribution is 2.29. The first kappa shape index (κ1) is 14.5. The second-order valence-corrected chi connectivity index (χ2v) is 6.24. The summed E-state index contributed by atoms with van der Waals surface area (Å²) in [7, 11) is 1.89. The van der Waals surface area contributed by atoms with Crippen molar-refractivity contribution >= 4 is 5.91 Å². The zero-order chi connectivity index (χ0) is 14.9. The number of amides is 1. The van der Waals surface area contributed by atoms with Crippen molar-refractivity contribution in [2.45, 2.75) is 37.8 Å². The summed E-state index contributed by atoms with van der Waals surface area (Å²) < 4.78 is 7.74. The van der Waals surface area contributed by atoms with Gasteiger partial charge in [-0.3, -0.25) is 9.48 Å². The van der Waals surface area contributed by atoms with E-state index in [9.17, 15) is 4.79 Å². The largest absolute Gasteiger partial charge is 0.367 e. The third-order valence-electron chi connectivity index (χ3n) is 4.51. The Morgan fingerprint density at radius 3 is 3.05 bits per heavy atom. The number of nitrogens with zero attached hydrogens (tertiary/aromatic N) is 3. The molecule has 2 fully saturated rings. The van der Waals surface area contributed by atoms with E-state index >= 15 is 0 Å². The van der Waals surface area contributed by atoms with Crippen LogP contribution in [0.4, 0.5) is 0 Å². The highest BCUT2D eigenvalue weighted by molar-refractivity contribution is 5.82. The number of piperidine rings is 1. The summed E-state index contributed by atoms with van der Waals surface area (Å²) in [5, 5.41) is 7.56. The smallest absolute Gasteiger partial charge is 0.239 e. The first-order valence-corrected chi connectivity index (χ1v) is 7.74. The predicted octanol–water partition coefficient (Wildman–Crippen LogP) is 0.636. The first-order valence-electron chi connectivity index (χ1n) is 7.74. The van der Waals surface area contributed by atoms with E-state index in [2.05, 4.69) is 10.4 Å². The molecule has 0 spiro atoms. The molecule has 2 aliphatic heterocycles. The molecular formula is C15H24N4O2. The van der Waals surface area contributed by atoms with Crippen molar-refractivity contribution in [3.63, 3.8) is 0 Å². The van der Waals surface area contributed by atoms with Crippen molar-refractivity contribution < 1.29 is 9.53 Å². The van der Waals surface area contributed by atoms with E-state index in [0.29, 0.717) is 19.7 Å². The van der Waals surface area contributed by atoms with E-state index in [1.165, 1.54) is 6.42 Å². The lowest BCUT2D eigenvalue weighted by Crippen LogP contribution is -2.56. The van der Waals surface area contributed by atoms with Gasteiger partial charge < -0.3 is 15.0 Å². The fourth-order valence-corrected chi connectivity index (χ4v) is 3.21. The normalized spacial score (nSPS) is 30.4. The van der Waals surface area contributed by atoms with Crippen molar-refractivity contribution in [1.82, 2.24) is 20.0 Å². The first-order chi connectivity index (χ1) is 10.1. The number of morpholine rings is 1. The molecule has 1 aromatic rings. The molecule has 6 heteroatoms. The van der Waals surface area contributed by atoms with Gasteiger partial charge in [0.15, 0.2) is 0 Å². The number of carbonyl (C=O) groups excluding carboxylic acids is 1. The molecule has 1 N–H and O–H groups in total. The summed E-state index contributed by atoms with van der Waals surface area (Å²) in [6.45, 7) is 4.82. The van der Waals surface area contributed by atoms with Crippen LogP contribution in [0, 0.1) is 0 Å². The molecule has 3 rings (SSSR count). The van der Waals surface area contributed by atoms with E-state index in [1.807, 2.05) is 31.3 Å². The highest BCUT2D eigenvalue weighted by Gasteiger charge is 2.38. The molecule has 0 aliphatic carbocycles. The Hall–Kier alpha value is -1.40. The Kier molecular flexibility index (Phi) is 3.99. The second-order valence-electron chi connectivity index (χ2n) is 6.24.